The summed E-state index contributed by atoms with van der Waals surface area (Å²) < 4.78 is 16.9. The highest BCUT2D eigenvalue weighted by molar-refractivity contribution is 5.76. The van der Waals surface area contributed by atoms with Gasteiger partial charge in [0.15, 0.2) is 5.76 Å². The van der Waals surface area contributed by atoms with Crippen LogP contribution in [0.1, 0.15) is 25.3 Å². The molecule has 1 aliphatic rings. The fourth-order valence-electron chi connectivity index (χ4n) is 2.74. The smallest absolute Gasteiger partial charge is 0.248 e. The summed E-state index contributed by atoms with van der Waals surface area (Å²) in [5, 5.41) is 3.92. The van der Waals surface area contributed by atoms with Crippen LogP contribution in [0.4, 0.5) is 0 Å². The minimum Gasteiger partial charge on any atom is -0.369 e. The number of morpholine rings is 1. The Hall–Kier alpha value is -1.44. The first-order valence-corrected chi connectivity index (χ1v) is 7.85. The Morgan fingerprint density at radius 2 is 2.26 bits per heavy atom. The lowest BCUT2D eigenvalue weighted by Gasteiger charge is -2.42. The summed E-state index contributed by atoms with van der Waals surface area (Å²) in [7, 11) is 3.43. The Morgan fingerprint density at radius 1 is 1.52 bits per heavy atom. The van der Waals surface area contributed by atoms with Crippen molar-refractivity contribution in [2.24, 2.45) is 0 Å². The van der Waals surface area contributed by atoms with Crippen molar-refractivity contribution in [3.63, 3.8) is 0 Å². The first-order valence-electron chi connectivity index (χ1n) is 7.85. The lowest BCUT2D eigenvalue weighted by Crippen LogP contribution is -2.53. The SMILES string of the molecule is Cc1cc(CN2C[C@H](COCC(=O)N(C)C)OC(C)(C)C2)on1. The Morgan fingerprint density at radius 3 is 2.87 bits per heavy atom. The van der Waals surface area contributed by atoms with Gasteiger partial charge in [0.2, 0.25) is 5.91 Å². The molecule has 0 spiro atoms. The fourth-order valence-corrected chi connectivity index (χ4v) is 2.74. The molecule has 0 N–H and O–H groups in total. The maximum Gasteiger partial charge on any atom is 0.248 e. The number of hydrogen-bond acceptors (Lipinski definition) is 6. The van der Waals surface area contributed by atoms with Gasteiger partial charge in [-0.15, -0.1) is 0 Å². The topological polar surface area (TPSA) is 68.0 Å². The molecule has 1 fully saturated rings. The van der Waals surface area contributed by atoms with Gasteiger partial charge in [0.25, 0.3) is 0 Å². The van der Waals surface area contributed by atoms with E-state index in [1.54, 1.807) is 14.1 Å². The zero-order chi connectivity index (χ0) is 17.0. The van der Waals surface area contributed by atoms with Crippen molar-refractivity contribution in [1.82, 2.24) is 15.0 Å². The number of hydrogen-bond donors (Lipinski definition) is 0. The number of likely N-dealkylation sites (N-methyl/N-ethyl adjacent to an activating group) is 1. The van der Waals surface area contributed by atoms with Crippen molar-refractivity contribution < 1.29 is 18.8 Å². The fraction of sp³-hybridized carbons (Fsp3) is 0.750. The van der Waals surface area contributed by atoms with Gasteiger partial charge >= 0.3 is 0 Å². The van der Waals surface area contributed by atoms with Crippen LogP contribution in [0.25, 0.3) is 0 Å². The maximum atomic E-state index is 11.6. The third-order valence-corrected chi connectivity index (χ3v) is 3.64. The quantitative estimate of drug-likeness (QED) is 0.779. The molecular formula is C16H27N3O4. The van der Waals surface area contributed by atoms with Crippen molar-refractivity contribution in [3.8, 4) is 0 Å². The van der Waals surface area contributed by atoms with Crippen LogP contribution in [0.5, 0.6) is 0 Å². The molecule has 0 bridgehead atoms. The zero-order valence-electron chi connectivity index (χ0n) is 14.7. The van der Waals surface area contributed by atoms with Gasteiger partial charge < -0.3 is 18.9 Å². The minimum atomic E-state index is -0.271. The Kier molecular flexibility index (Phi) is 5.78. The maximum absolute atomic E-state index is 11.6. The van der Waals surface area contributed by atoms with E-state index in [1.807, 2.05) is 13.0 Å². The Bertz CT molecular complexity index is 527. The number of ether oxygens (including phenoxy) is 2. The number of aromatic nitrogens is 1. The molecule has 2 heterocycles. The van der Waals surface area contributed by atoms with E-state index in [9.17, 15) is 4.79 Å². The number of carbonyl (C=O) groups excluding carboxylic acids is 1. The van der Waals surface area contributed by atoms with Gasteiger partial charge in [0, 0.05) is 33.3 Å². The predicted molar refractivity (Wildman–Crippen MR) is 85.0 cm³/mol. The molecule has 0 saturated carbocycles. The van der Waals surface area contributed by atoms with Crippen LogP contribution in [0.3, 0.4) is 0 Å². The second kappa shape index (κ2) is 7.42. The van der Waals surface area contributed by atoms with E-state index in [1.165, 1.54) is 4.90 Å². The normalized spacial score (nSPS) is 21.3. The second-order valence-corrected chi connectivity index (χ2v) is 6.91. The summed E-state index contributed by atoms with van der Waals surface area (Å²) in [4.78, 5) is 15.3. The van der Waals surface area contributed by atoms with Crippen LogP contribution in [0.15, 0.2) is 10.6 Å². The van der Waals surface area contributed by atoms with Crippen molar-refractivity contribution in [2.75, 3.05) is 40.4 Å². The summed E-state index contributed by atoms with van der Waals surface area (Å²) in [6, 6.07) is 1.95. The molecular weight excluding hydrogens is 298 g/mol. The van der Waals surface area contributed by atoms with Crippen LogP contribution in [-0.2, 0) is 20.8 Å². The molecule has 7 nitrogen and oxygen atoms in total. The van der Waals surface area contributed by atoms with Gasteiger partial charge in [0.05, 0.1) is 30.6 Å². The van der Waals surface area contributed by atoms with Crippen LogP contribution in [-0.4, -0.2) is 73.0 Å². The van der Waals surface area contributed by atoms with Crippen LogP contribution in [0.2, 0.25) is 0 Å². The molecule has 1 aromatic rings. The van der Waals surface area contributed by atoms with E-state index in [-0.39, 0.29) is 24.2 Å². The van der Waals surface area contributed by atoms with Gasteiger partial charge in [0.1, 0.15) is 6.61 Å². The van der Waals surface area contributed by atoms with Crippen LogP contribution >= 0.6 is 0 Å². The van der Waals surface area contributed by atoms with E-state index < -0.39 is 0 Å². The molecule has 1 aliphatic heterocycles. The summed E-state index contributed by atoms with van der Waals surface area (Å²) in [6.45, 7) is 8.74. The highest BCUT2D eigenvalue weighted by atomic mass is 16.6. The highest BCUT2D eigenvalue weighted by Gasteiger charge is 2.34. The van der Waals surface area contributed by atoms with Crippen molar-refractivity contribution in [2.45, 2.75) is 39.0 Å². The Balaban J connectivity index is 1.86. The number of aryl methyl sites for hydroxylation is 1. The van der Waals surface area contributed by atoms with E-state index in [4.69, 9.17) is 14.0 Å². The lowest BCUT2D eigenvalue weighted by molar-refractivity contribution is -0.162. The monoisotopic (exact) mass is 325 g/mol. The number of carbonyl (C=O) groups is 1. The molecule has 1 atom stereocenters. The summed E-state index contributed by atoms with van der Waals surface area (Å²) in [5.74, 6) is 0.803. The highest BCUT2D eigenvalue weighted by Crippen LogP contribution is 2.23. The van der Waals surface area contributed by atoms with Crippen LogP contribution in [0, 0.1) is 6.92 Å². The molecule has 0 unspecified atom stereocenters. The lowest BCUT2D eigenvalue weighted by atomic mass is 10.1. The summed E-state index contributed by atoms with van der Waals surface area (Å²) in [5.41, 5.74) is 0.613. The molecule has 0 aliphatic carbocycles. The van der Waals surface area contributed by atoms with Gasteiger partial charge in [-0.05, 0) is 20.8 Å². The number of rotatable bonds is 6. The summed E-state index contributed by atoms with van der Waals surface area (Å²) in [6.07, 6.45) is -0.0715. The van der Waals surface area contributed by atoms with E-state index in [0.717, 1.165) is 24.5 Å². The number of amides is 1. The summed E-state index contributed by atoms with van der Waals surface area (Å²) >= 11 is 0. The van der Waals surface area contributed by atoms with E-state index in [2.05, 4.69) is 23.9 Å². The van der Waals surface area contributed by atoms with Gasteiger partial charge in [-0.3, -0.25) is 9.69 Å². The molecule has 2 rings (SSSR count). The molecule has 1 aromatic heterocycles. The standard InChI is InChI=1S/C16H27N3O4/c1-12-6-13(23-17-12)7-19-8-14(22-16(2,3)11-19)9-21-10-15(20)18(4)5/h6,14H,7-11H2,1-5H3/t14-/m1/s1. The molecule has 23 heavy (non-hydrogen) atoms. The first-order chi connectivity index (χ1) is 10.7. The van der Waals surface area contributed by atoms with Gasteiger partial charge in [-0.2, -0.15) is 0 Å². The zero-order valence-corrected chi connectivity index (χ0v) is 14.7. The molecule has 130 valence electrons. The van der Waals surface area contributed by atoms with Gasteiger partial charge in [-0.25, -0.2) is 0 Å². The van der Waals surface area contributed by atoms with Crippen molar-refractivity contribution in [1.29, 1.82) is 0 Å². The third kappa shape index (κ3) is 5.60. The molecule has 0 radical (unpaired) electrons. The van der Waals surface area contributed by atoms with E-state index in [0.29, 0.717) is 13.2 Å². The molecule has 1 amide bonds. The van der Waals surface area contributed by atoms with E-state index >= 15 is 0 Å². The Labute approximate surface area is 137 Å². The van der Waals surface area contributed by atoms with Crippen molar-refractivity contribution in [3.05, 3.63) is 17.5 Å². The largest absolute Gasteiger partial charge is 0.369 e. The average Bonchev–Trinajstić information content (AvgIpc) is 2.82. The number of nitrogens with zero attached hydrogens (tertiary/aromatic N) is 3. The minimum absolute atomic E-state index is 0.0472. The second-order valence-electron chi connectivity index (χ2n) is 6.91. The molecule has 7 heteroatoms. The van der Waals surface area contributed by atoms with Gasteiger partial charge in [-0.1, -0.05) is 5.16 Å². The molecule has 1 saturated heterocycles. The van der Waals surface area contributed by atoms with Crippen molar-refractivity contribution >= 4 is 5.91 Å². The first kappa shape index (κ1) is 17.9. The third-order valence-electron chi connectivity index (χ3n) is 3.64. The van der Waals surface area contributed by atoms with Crippen LogP contribution < -0.4 is 0 Å². The predicted octanol–water partition coefficient (Wildman–Crippen LogP) is 1.07. The molecule has 0 aromatic carbocycles. The average molecular weight is 325 g/mol.